The van der Waals surface area contributed by atoms with Gasteiger partial charge in [0.15, 0.2) is 5.78 Å². The van der Waals surface area contributed by atoms with Gasteiger partial charge < -0.3 is 0 Å². The first kappa shape index (κ1) is 15.3. The summed E-state index contributed by atoms with van der Waals surface area (Å²) in [5, 5.41) is 1.21. The smallest absolute Gasteiger partial charge is 0.173 e. The van der Waals surface area contributed by atoms with Gasteiger partial charge in [-0.1, -0.05) is 12.1 Å². The Kier molecular flexibility index (Phi) is 3.62. The fraction of sp³-hybridized carbons (Fsp3) is 0.550. The van der Waals surface area contributed by atoms with Crippen molar-refractivity contribution >= 4 is 27.2 Å². The SMILES string of the molecule is Cc1ccc2cc(C(=O)C[C@@H]3C4CCN(CC4)C3(C)C)sc2c1. The van der Waals surface area contributed by atoms with Gasteiger partial charge in [0.25, 0.3) is 0 Å². The highest BCUT2D eigenvalue weighted by Gasteiger charge is 2.47. The first-order chi connectivity index (χ1) is 10.9. The molecule has 0 radical (unpaired) electrons. The van der Waals surface area contributed by atoms with Crippen LogP contribution in [0.25, 0.3) is 10.1 Å². The number of carbonyl (C=O) groups excluding carboxylic acids is 1. The van der Waals surface area contributed by atoms with Crippen molar-refractivity contribution in [2.45, 2.75) is 45.6 Å². The Morgan fingerprint density at radius 1 is 1.26 bits per heavy atom. The summed E-state index contributed by atoms with van der Waals surface area (Å²) in [4.78, 5) is 16.5. The van der Waals surface area contributed by atoms with Gasteiger partial charge in [-0.3, -0.25) is 9.69 Å². The Balaban J connectivity index is 1.59. The standard InChI is InChI=1S/C20H25NOS/c1-13-4-5-15-11-19(23-18(15)10-13)17(22)12-16-14-6-8-21(9-7-14)20(16,2)3/h4-5,10-11,14,16H,6-9,12H2,1-3H3/t16-/m1/s1. The van der Waals surface area contributed by atoms with Crippen molar-refractivity contribution in [3.63, 3.8) is 0 Å². The maximum atomic E-state index is 12.9. The third-order valence-electron chi connectivity index (χ3n) is 6.19. The van der Waals surface area contributed by atoms with E-state index in [-0.39, 0.29) is 5.54 Å². The Bertz CT molecular complexity index is 752. The lowest BCUT2D eigenvalue weighted by molar-refractivity contribution is -0.0643. The van der Waals surface area contributed by atoms with E-state index in [9.17, 15) is 4.79 Å². The zero-order valence-electron chi connectivity index (χ0n) is 14.3. The molecule has 1 aromatic carbocycles. The number of hydrogen-bond donors (Lipinski definition) is 0. The monoisotopic (exact) mass is 327 g/mol. The molecule has 3 saturated heterocycles. The van der Waals surface area contributed by atoms with Crippen LogP contribution in [0.3, 0.4) is 0 Å². The van der Waals surface area contributed by atoms with E-state index in [1.165, 1.54) is 41.6 Å². The number of aryl methyl sites for hydroxylation is 1. The molecule has 3 heteroatoms. The number of piperidine rings is 3. The number of carbonyl (C=O) groups is 1. The van der Waals surface area contributed by atoms with Crippen molar-refractivity contribution in [3.8, 4) is 0 Å². The molecule has 2 nitrogen and oxygen atoms in total. The van der Waals surface area contributed by atoms with E-state index in [0.29, 0.717) is 18.1 Å². The molecule has 0 unspecified atom stereocenters. The third kappa shape index (κ3) is 2.54. The van der Waals surface area contributed by atoms with Crippen LogP contribution in [-0.2, 0) is 0 Å². The van der Waals surface area contributed by atoms with Crippen molar-refractivity contribution in [2.75, 3.05) is 13.1 Å². The summed E-state index contributed by atoms with van der Waals surface area (Å²) in [6.07, 6.45) is 3.25. The maximum absolute atomic E-state index is 12.9. The van der Waals surface area contributed by atoms with Gasteiger partial charge in [-0.2, -0.15) is 0 Å². The first-order valence-corrected chi connectivity index (χ1v) is 9.55. The average molecular weight is 327 g/mol. The second-order valence-electron chi connectivity index (χ2n) is 7.86. The van der Waals surface area contributed by atoms with Gasteiger partial charge in [0, 0.05) is 16.7 Å². The maximum Gasteiger partial charge on any atom is 0.173 e. The van der Waals surface area contributed by atoms with Crippen LogP contribution in [0, 0.1) is 18.8 Å². The Morgan fingerprint density at radius 2 is 2.00 bits per heavy atom. The van der Waals surface area contributed by atoms with Crippen LogP contribution in [0.5, 0.6) is 0 Å². The highest BCUT2D eigenvalue weighted by molar-refractivity contribution is 7.20. The van der Waals surface area contributed by atoms with Gasteiger partial charge in [-0.25, -0.2) is 0 Å². The van der Waals surface area contributed by atoms with Crippen molar-refractivity contribution in [2.24, 2.45) is 11.8 Å². The highest BCUT2D eigenvalue weighted by atomic mass is 32.1. The number of ketones is 1. The molecule has 3 aliphatic heterocycles. The van der Waals surface area contributed by atoms with E-state index in [4.69, 9.17) is 0 Å². The van der Waals surface area contributed by atoms with E-state index < -0.39 is 0 Å². The third-order valence-corrected chi connectivity index (χ3v) is 7.33. The van der Waals surface area contributed by atoms with Crippen LogP contribution in [-0.4, -0.2) is 29.3 Å². The average Bonchev–Trinajstić information content (AvgIpc) is 2.94. The molecule has 4 heterocycles. The lowest BCUT2D eigenvalue weighted by atomic mass is 9.65. The van der Waals surface area contributed by atoms with Crippen LogP contribution in [0.4, 0.5) is 0 Å². The van der Waals surface area contributed by atoms with Gasteiger partial charge in [-0.05, 0) is 81.6 Å². The minimum atomic E-state index is 0.171. The van der Waals surface area contributed by atoms with Crippen molar-refractivity contribution in [1.82, 2.24) is 4.90 Å². The number of benzene rings is 1. The van der Waals surface area contributed by atoms with Crippen LogP contribution >= 0.6 is 11.3 Å². The molecule has 0 amide bonds. The molecule has 1 aromatic heterocycles. The summed E-state index contributed by atoms with van der Waals surface area (Å²) in [5.41, 5.74) is 1.43. The van der Waals surface area contributed by atoms with Gasteiger partial charge >= 0.3 is 0 Å². The lowest BCUT2D eigenvalue weighted by Gasteiger charge is -2.56. The molecule has 23 heavy (non-hydrogen) atoms. The second-order valence-corrected chi connectivity index (χ2v) is 8.95. The second kappa shape index (κ2) is 5.42. The van der Waals surface area contributed by atoms with Gasteiger partial charge in [0.2, 0.25) is 0 Å². The van der Waals surface area contributed by atoms with Crippen LogP contribution in [0.2, 0.25) is 0 Å². The number of thiophene rings is 1. The van der Waals surface area contributed by atoms with Crippen molar-refractivity contribution in [1.29, 1.82) is 0 Å². The number of Topliss-reactive ketones (excluding diaryl/α,β-unsaturated/α-hetero) is 1. The lowest BCUT2D eigenvalue weighted by Crippen LogP contribution is -2.61. The quantitative estimate of drug-likeness (QED) is 0.747. The molecule has 122 valence electrons. The molecule has 5 rings (SSSR count). The van der Waals surface area contributed by atoms with E-state index >= 15 is 0 Å². The van der Waals surface area contributed by atoms with E-state index in [0.717, 1.165) is 10.8 Å². The molecule has 1 atom stereocenters. The fourth-order valence-electron chi connectivity index (χ4n) is 4.68. The Labute approximate surface area is 142 Å². The molecule has 3 aliphatic rings. The fourth-order valence-corrected chi connectivity index (χ4v) is 5.79. The zero-order chi connectivity index (χ0) is 16.2. The predicted molar refractivity (Wildman–Crippen MR) is 97.4 cm³/mol. The summed E-state index contributed by atoms with van der Waals surface area (Å²) in [5.74, 6) is 1.58. The molecule has 2 bridgehead atoms. The number of fused-ring (bicyclic) bond motifs is 4. The van der Waals surface area contributed by atoms with E-state index in [1.807, 2.05) is 0 Å². The molecule has 0 saturated carbocycles. The molecule has 3 fully saturated rings. The van der Waals surface area contributed by atoms with Crippen LogP contribution in [0.15, 0.2) is 24.3 Å². The van der Waals surface area contributed by atoms with Crippen molar-refractivity contribution < 1.29 is 4.79 Å². The Hall–Kier alpha value is -1.19. The largest absolute Gasteiger partial charge is 0.298 e. The molecular weight excluding hydrogens is 302 g/mol. The summed E-state index contributed by atoms with van der Waals surface area (Å²) < 4.78 is 1.24. The van der Waals surface area contributed by atoms with E-state index in [1.54, 1.807) is 11.3 Å². The minimum absolute atomic E-state index is 0.171. The highest BCUT2D eigenvalue weighted by Crippen LogP contribution is 2.46. The summed E-state index contributed by atoms with van der Waals surface area (Å²) in [6.45, 7) is 9.21. The summed E-state index contributed by atoms with van der Waals surface area (Å²) in [6, 6.07) is 8.54. The van der Waals surface area contributed by atoms with Crippen LogP contribution < -0.4 is 0 Å². The molecular formula is C20H25NOS. The molecule has 2 aromatic rings. The van der Waals surface area contributed by atoms with Gasteiger partial charge in [0.05, 0.1) is 4.88 Å². The molecule has 0 N–H and O–H groups in total. The summed E-state index contributed by atoms with van der Waals surface area (Å²) in [7, 11) is 0. The number of rotatable bonds is 3. The topological polar surface area (TPSA) is 20.3 Å². The predicted octanol–water partition coefficient (Wildman–Crippen LogP) is 4.90. The van der Waals surface area contributed by atoms with Crippen LogP contribution in [0.1, 0.15) is 48.3 Å². The number of hydrogen-bond acceptors (Lipinski definition) is 3. The summed E-state index contributed by atoms with van der Waals surface area (Å²) >= 11 is 1.67. The zero-order valence-corrected chi connectivity index (χ0v) is 15.1. The van der Waals surface area contributed by atoms with Gasteiger partial charge in [0.1, 0.15) is 0 Å². The first-order valence-electron chi connectivity index (χ1n) is 8.73. The minimum Gasteiger partial charge on any atom is -0.298 e. The normalized spacial score (nSPS) is 29.1. The van der Waals surface area contributed by atoms with E-state index in [2.05, 4.69) is 49.9 Å². The van der Waals surface area contributed by atoms with Gasteiger partial charge in [-0.15, -0.1) is 11.3 Å². The number of nitrogens with zero attached hydrogens (tertiary/aromatic N) is 1. The molecule has 0 spiro atoms. The van der Waals surface area contributed by atoms with Crippen molar-refractivity contribution in [3.05, 3.63) is 34.7 Å². The Morgan fingerprint density at radius 3 is 2.70 bits per heavy atom. The molecule has 0 aliphatic carbocycles.